The van der Waals surface area contributed by atoms with Gasteiger partial charge in [-0.3, -0.25) is 4.79 Å². The standard InChI is InChI=1S/C29H40O5/c1-9-20(4)27(31)34-23-15-13-22(14-16-23)33-26(30)19-32-25-17-12-21(28(5,6)10-2)18-24(25)29(7,8)11-3/h12-18,20H,9-11,19H2,1-8H3. The van der Waals surface area contributed by atoms with Crippen LogP contribution in [0.2, 0.25) is 0 Å². The second kappa shape index (κ2) is 11.5. The molecule has 5 heteroatoms. The van der Waals surface area contributed by atoms with Gasteiger partial charge in [0.1, 0.15) is 17.2 Å². The predicted octanol–water partition coefficient (Wildman–Crippen LogP) is 7.00. The molecule has 5 nitrogen and oxygen atoms in total. The SMILES string of the molecule is CCC(C)C(=O)Oc1ccc(OC(=O)COc2ccc(C(C)(C)CC)cc2C(C)(C)CC)cc1. The first-order valence-corrected chi connectivity index (χ1v) is 12.2. The van der Waals surface area contributed by atoms with Gasteiger partial charge in [-0.1, -0.05) is 67.5 Å². The zero-order valence-electron chi connectivity index (χ0n) is 22.0. The average Bonchev–Trinajstić information content (AvgIpc) is 2.83. The highest BCUT2D eigenvalue weighted by molar-refractivity contribution is 5.75. The maximum absolute atomic E-state index is 12.4. The smallest absolute Gasteiger partial charge is 0.349 e. The molecule has 0 saturated carbocycles. The number of carbonyl (C=O) groups is 2. The van der Waals surface area contributed by atoms with Crippen molar-refractivity contribution in [3.05, 3.63) is 53.6 Å². The van der Waals surface area contributed by atoms with E-state index in [1.807, 2.05) is 19.9 Å². The van der Waals surface area contributed by atoms with Gasteiger partial charge in [0, 0.05) is 5.56 Å². The number of ether oxygens (including phenoxy) is 3. The molecule has 0 aromatic heterocycles. The number of carbonyl (C=O) groups excluding carboxylic acids is 2. The summed E-state index contributed by atoms with van der Waals surface area (Å²) in [5.41, 5.74) is 2.32. The van der Waals surface area contributed by atoms with Crippen molar-refractivity contribution in [1.82, 2.24) is 0 Å². The summed E-state index contributed by atoms with van der Waals surface area (Å²) in [4.78, 5) is 24.4. The molecule has 34 heavy (non-hydrogen) atoms. The van der Waals surface area contributed by atoms with E-state index >= 15 is 0 Å². The zero-order valence-corrected chi connectivity index (χ0v) is 22.0. The minimum Gasteiger partial charge on any atom is -0.482 e. The molecule has 1 unspecified atom stereocenters. The highest BCUT2D eigenvalue weighted by Crippen LogP contribution is 2.38. The molecule has 0 fully saturated rings. The monoisotopic (exact) mass is 468 g/mol. The summed E-state index contributed by atoms with van der Waals surface area (Å²) in [6.07, 6.45) is 2.68. The van der Waals surface area contributed by atoms with E-state index in [4.69, 9.17) is 14.2 Å². The average molecular weight is 469 g/mol. The molecule has 0 bridgehead atoms. The largest absolute Gasteiger partial charge is 0.482 e. The number of benzene rings is 2. The summed E-state index contributed by atoms with van der Waals surface area (Å²) in [5, 5.41) is 0. The lowest BCUT2D eigenvalue weighted by Gasteiger charge is -2.30. The van der Waals surface area contributed by atoms with Crippen LogP contribution >= 0.6 is 0 Å². The lowest BCUT2D eigenvalue weighted by Crippen LogP contribution is -2.23. The Balaban J connectivity index is 2.07. The third-order valence-corrected chi connectivity index (χ3v) is 6.89. The highest BCUT2D eigenvalue weighted by Gasteiger charge is 2.27. The molecule has 0 amide bonds. The second-order valence-corrected chi connectivity index (χ2v) is 10.2. The molecule has 2 rings (SSSR count). The lowest BCUT2D eigenvalue weighted by molar-refractivity contribution is -0.138. The van der Waals surface area contributed by atoms with E-state index in [-0.39, 0.29) is 29.3 Å². The van der Waals surface area contributed by atoms with Crippen LogP contribution < -0.4 is 14.2 Å². The molecular weight excluding hydrogens is 428 g/mol. The molecule has 0 aliphatic carbocycles. The Hall–Kier alpha value is -2.82. The van der Waals surface area contributed by atoms with Crippen molar-refractivity contribution in [2.75, 3.05) is 6.61 Å². The van der Waals surface area contributed by atoms with E-state index in [1.54, 1.807) is 24.3 Å². The molecule has 0 heterocycles. The quantitative estimate of drug-likeness (QED) is 0.262. The van der Waals surface area contributed by atoms with Crippen LogP contribution in [0, 0.1) is 5.92 Å². The first-order chi connectivity index (χ1) is 15.9. The maximum atomic E-state index is 12.4. The van der Waals surface area contributed by atoms with E-state index in [0.717, 1.165) is 18.4 Å². The van der Waals surface area contributed by atoms with E-state index in [1.165, 1.54) is 5.56 Å². The van der Waals surface area contributed by atoms with Crippen LogP contribution in [-0.4, -0.2) is 18.5 Å². The van der Waals surface area contributed by atoms with E-state index in [9.17, 15) is 9.59 Å². The summed E-state index contributed by atoms with van der Waals surface area (Å²) in [7, 11) is 0. The van der Waals surface area contributed by atoms with E-state index in [0.29, 0.717) is 23.7 Å². The molecular formula is C29H40O5. The number of rotatable bonds is 11. The summed E-state index contributed by atoms with van der Waals surface area (Å²) in [6, 6.07) is 12.7. The normalized spacial score (nSPS) is 12.7. The molecule has 1 atom stereocenters. The Morgan fingerprint density at radius 3 is 1.91 bits per heavy atom. The van der Waals surface area contributed by atoms with Crippen molar-refractivity contribution in [2.24, 2.45) is 5.92 Å². The van der Waals surface area contributed by atoms with Gasteiger partial charge < -0.3 is 14.2 Å². The molecule has 2 aromatic carbocycles. The molecule has 2 aromatic rings. The van der Waals surface area contributed by atoms with Crippen molar-refractivity contribution >= 4 is 11.9 Å². The van der Waals surface area contributed by atoms with Crippen LogP contribution in [0.4, 0.5) is 0 Å². The molecule has 0 aliphatic rings. The molecule has 0 spiro atoms. The van der Waals surface area contributed by atoms with Gasteiger partial charge in [-0.05, 0) is 66.0 Å². The summed E-state index contributed by atoms with van der Waals surface area (Å²) < 4.78 is 16.7. The Morgan fingerprint density at radius 2 is 1.38 bits per heavy atom. The van der Waals surface area contributed by atoms with Crippen LogP contribution in [0.25, 0.3) is 0 Å². The summed E-state index contributed by atoms with van der Waals surface area (Å²) in [6.45, 7) is 16.7. The molecule has 0 radical (unpaired) electrons. The van der Waals surface area contributed by atoms with Gasteiger partial charge in [-0.25, -0.2) is 4.79 Å². The fourth-order valence-electron chi connectivity index (χ4n) is 3.26. The van der Waals surface area contributed by atoms with Crippen molar-refractivity contribution in [1.29, 1.82) is 0 Å². The fraction of sp³-hybridized carbons (Fsp3) is 0.517. The minimum absolute atomic E-state index is 0.0606. The highest BCUT2D eigenvalue weighted by atomic mass is 16.6. The van der Waals surface area contributed by atoms with Gasteiger partial charge in [0.25, 0.3) is 0 Å². The fourth-order valence-corrected chi connectivity index (χ4v) is 3.26. The van der Waals surface area contributed by atoms with Gasteiger partial charge in [0.2, 0.25) is 0 Å². The molecule has 0 aliphatic heterocycles. The van der Waals surface area contributed by atoms with E-state index in [2.05, 4.69) is 53.7 Å². The topological polar surface area (TPSA) is 61.8 Å². The zero-order chi connectivity index (χ0) is 25.5. The van der Waals surface area contributed by atoms with Gasteiger partial charge >= 0.3 is 11.9 Å². The summed E-state index contributed by atoms with van der Waals surface area (Å²) >= 11 is 0. The lowest BCUT2D eigenvalue weighted by atomic mass is 9.76. The predicted molar refractivity (Wildman–Crippen MR) is 136 cm³/mol. The van der Waals surface area contributed by atoms with Crippen molar-refractivity contribution in [2.45, 2.75) is 85.5 Å². The minimum atomic E-state index is -0.498. The second-order valence-electron chi connectivity index (χ2n) is 10.2. The Kier molecular flexibility index (Phi) is 9.31. The van der Waals surface area contributed by atoms with Gasteiger partial charge in [-0.2, -0.15) is 0 Å². The van der Waals surface area contributed by atoms with Gasteiger partial charge in [-0.15, -0.1) is 0 Å². The van der Waals surface area contributed by atoms with Crippen molar-refractivity contribution in [3.63, 3.8) is 0 Å². The molecule has 0 saturated heterocycles. The van der Waals surface area contributed by atoms with Crippen LogP contribution in [0.5, 0.6) is 17.2 Å². The van der Waals surface area contributed by atoms with Gasteiger partial charge in [0.15, 0.2) is 6.61 Å². The third kappa shape index (κ3) is 7.09. The molecule has 186 valence electrons. The van der Waals surface area contributed by atoms with Crippen LogP contribution in [-0.2, 0) is 20.4 Å². The number of hydrogen-bond acceptors (Lipinski definition) is 5. The number of hydrogen-bond donors (Lipinski definition) is 0. The van der Waals surface area contributed by atoms with Gasteiger partial charge in [0.05, 0.1) is 5.92 Å². The Labute approximate surface area is 204 Å². The maximum Gasteiger partial charge on any atom is 0.349 e. The Bertz CT molecular complexity index is 973. The van der Waals surface area contributed by atoms with Crippen molar-refractivity contribution in [3.8, 4) is 17.2 Å². The van der Waals surface area contributed by atoms with E-state index < -0.39 is 5.97 Å². The summed E-state index contributed by atoms with van der Waals surface area (Å²) in [5.74, 6) is 0.544. The molecule has 0 N–H and O–H groups in total. The third-order valence-electron chi connectivity index (χ3n) is 6.89. The van der Waals surface area contributed by atoms with Crippen LogP contribution in [0.3, 0.4) is 0 Å². The van der Waals surface area contributed by atoms with Crippen LogP contribution in [0.1, 0.15) is 85.8 Å². The first-order valence-electron chi connectivity index (χ1n) is 12.2. The Morgan fingerprint density at radius 1 is 0.824 bits per heavy atom. The number of esters is 2. The first kappa shape index (κ1) is 27.4. The van der Waals surface area contributed by atoms with Crippen molar-refractivity contribution < 1.29 is 23.8 Å². The van der Waals surface area contributed by atoms with Crippen LogP contribution in [0.15, 0.2) is 42.5 Å².